The number of rotatable bonds is 10. The van der Waals surface area contributed by atoms with Crippen molar-refractivity contribution in [1.29, 1.82) is 0 Å². The molecule has 2 aromatic rings. The van der Waals surface area contributed by atoms with Gasteiger partial charge in [-0.15, -0.1) is 0 Å². The normalized spacial score (nSPS) is 13.8. The van der Waals surface area contributed by atoms with Crippen molar-refractivity contribution in [2.24, 2.45) is 0 Å². The number of hydrogen-bond donors (Lipinski definition) is 1. The first-order chi connectivity index (χ1) is 14.6. The molecular formula is C24H32N2O4. The minimum atomic E-state index is 0.0275. The van der Waals surface area contributed by atoms with Crippen LogP contribution in [0.15, 0.2) is 36.4 Å². The van der Waals surface area contributed by atoms with Gasteiger partial charge in [0.05, 0.1) is 21.3 Å². The van der Waals surface area contributed by atoms with E-state index in [1.165, 1.54) is 24.0 Å². The van der Waals surface area contributed by atoms with Crippen LogP contribution in [0.2, 0.25) is 0 Å². The molecule has 0 radical (unpaired) electrons. The molecule has 1 N–H and O–H groups in total. The van der Waals surface area contributed by atoms with Gasteiger partial charge >= 0.3 is 0 Å². The zero-order chi connectivity index (χ0) is 21.3. The number of ether oxygens (including phenoxy) is 3. The third-order valence-electron chi connectivity index (χ3n) is 5.55. The summed E-state index contributed by atoms with van der Waals surface area (Å²) in [6, 6.07) is 12.1. The average Bonchev–Trinajstić information content (AvgIpc) is 3.29. The fourth-order valence-electron chi connectivity index (χ4n) is 3.89. The van der Waals surface area contributed by atoms with Crippen LogP contribution in [0.5, 0.6) is 17.2 Å². The molecule has 1 amide bonds. The number of benzene rings is 2. The van der Waals surface area contributed by atoms with E-state index in [0.717, 1.165) is 25.2 Å². The molecule has 1 heterocycles. The molecule has 0 atom stereocenters. The highest BCUT2D eigenvalue weighted by molar-refractivity contribution is 5.76. The maximum atomic E-state index is 12.5. The van der Waals surface area contributed by atoms with E-state index in [9.17, 15) is 4.79 Å². The number of nitrogens with one attached hydrogen (secondary N) is 1. The molecule has 1 aliphatic heterocycles. The highest BCUT2D eigenvalue weighted by Crippen LogP contribution is 2.38. The summed E-state index contributed by atoms with van der Waals surface area (Å²) in [7, 11) is 4.76. The van der Waals surface area contributed by atoms with Gasteiger partial charge in [-0.25, -0.2) is 0 Å². The zero-order valence-corrected chi connectivity index (χ0v) is 18.2. The first-order valence-corrected chi connectivity index (χ1v) is 10.5. The molecule has 162 valence electrons. The molecule has 30 heavy (non-hydrogen) atoms. The van der Waals surface area contributed by atoms with E-state index in [-0.39, 0.29) is 5.91 Å². The van der Waals surface area contributed by atoms with Crippen molar-refractivity contribution < 1.29 is 19.0 Å². The van der Waals surface area contributed by atoms with Crippen molar-refractivity contribution >= 4 is 5.91 Å². The molecule has 2 aromatic carbocycles. The van der Waals surface area contributed by atoms with Crippen molar-refractivity contribution in [3.05, 3.63) is 53.1 Å². The predicted molar refractivity (Wildman–Crippen MR) is 117 cm³/mol. The van der Waals surface area contributed by atoms with Gasteiger partial charge in [0.25, 0.3) is 0 Å². The summed E-state index contributed by atoms with van der Waals surface area (Å²) < 4.78 is 16.1. The molecule has 0 saturated carbocycles. The minimum absolute atomic E-state index is 0.0275. The van der Waals surface area contributed by atoms with Gasteiger partial charge in [-0.1, -0.05) is 24.3 Å². The molecule has 1 saturated heterocycles. The Morgan fingerprint density at radius 2 is 1.60 bits per heavy atom. The van der Waals surface area contributed by atoms with E-state index in [0.29, 0.717) is 36.6 Å². The molecule has 0 unspecified atom stereocenters. The van der Waals surface area contributed by atoms with Crippen LogP contribution >= 0.6 is 0 Å². The van der Waals surface area contributed by atoms with Gasteiger partial charge in [0, 0.05) is 19.5 Å². The Morgan fingerprint density at radius 1 is 0.967 bits per heavy atom. The van der Waals surface area contributed by atoms with Crippen LogP contribution in [-0.2, 0) is 24.3 Å². The molecule has 6 heteroatoms. The number of carbonyl (C=O) groups excluding carboxylic acids is 1. The number of aryl methyl sites for hydroxylation is 1. The van der Waals surface area contributed by atoms with Crippen molar-refractivity contribution in [3.8, 4) is 17.2 Å². The largest absolute Gasteiger partial charge is 0.493 e. The first-order valence-electron chi connectivity index (χ1n) is 10.5. The fourth-order valence-corrected chi connectivity index (χ4v) is 3.89. The van der Waals surface area contributed by atoms with Gasteiger partial charge in [-0.3, -0.25) is 9.69 Å². The smallest absolute Gasteiger partial charge is 0.220 e. The summed E-state index contributed by atoms with van der Waals surface area (Å²) >= 11 is 0. The highest BCUT2D eigenvalue weighted by Gasteiger charge is 2.15. The van der Waals surface area contributed by atoms with Crippen molar-refractivity contribution in [3.63, 3.8) is 0 Å². The van der Waals surface area contributed by atoms with Gasteiger partial charge in [-0.05, 0) is 61.2 Å². The van der Waals surface area contributed by atoms with Gasteiger partial charge in [0.15, 0.2) is 11.5 Å². The summed E-state index contributed by atoms with van der Waals surface area (Å²) in [5.41, 5.74) is 3.45. The molecule has 0 bridgehead atoms. The lowest BCUT2D eigenvalue weighted by atomic mass is 10.1. The topological polar surface area (TPSA) is 60.0 Å². The van der Waals surface area contributed by atoms with Crippen LogP contribution in [-0.4, -0.2) is 45.2 Å². The van der Waals surface area contributed by atoms with Crippen LogP contribution in [0.25, 0.3) is 0 Å². The molecule has 3 rings (SSSR count). The average molecular weight is 413 g/mol. The third-order valence-corrected chi connectivity index (χ3v) is 5.55. The lowest BCUT2D eigenvalue weighted by Gasteiger charge is -2.18. The monoisotopic (exact) mass is 412 g/mol. The zero-order valence-electron chi connectivity index (χ0n) is 18.2. The first kappa shape index (κ1) is 22.0. The summed E-state index contributed by atoms with van der Waals surface area (Å²) in [6.07, 6.45) is 3.55. The van der Waals surface area contributed by atoms with E-state index in [4.69, 9.17) is 14.2 Å². The van der Waals surface area contributed by atoms with Crippen LogP contribution in [0, 0.1) is 0 Å². The highest BCUT2D eigenvalue weighted by atomic mass is 16.5. The standard InChI is InChI=1S/C24H32N2O4/c1-28-21-14-18(15-22(29-2)24(21)30-3)10-11-23(27)25-16-19-8-4-5-9-20(19)17-26-12-6-7-13-26/h4-5,8-9,14-15H,6-7,10-13,16-17H2,1-3H3,(H,25,27). The maximum Gasteiger partial charge on any atom is 0.220 e. The summed E-state index contributed by atoms with van der Waals surface area (Å²) in [4.78, 5) is 14.9. The second-order valence-corrected chi connectivity index (χ2v) is 7.56. The van der Waals surface area contributed by atoms with Gasteiger partial charge in [-0.2, -0.15) is 0 Å². The number of hydrogen-bond acceptors (Lipinski definition) is 5. The summed E-state index contributed by atoms with van der Waals surface area (Å²) in [5.74, 6) is 1.79. The van der Waals surface area contributed by atoms with Crippen LogP contribution in [0.1, 0.15) is 36.0 Å². The van der Waals surface area contributed by atoms with Crippen LogP contribution in [0.4, 0.5) is 0 Å². The summed E-state index contributed by atoms with van der Waals surface area (Å²) in [5, 5.41) is 3.07. The second-order valence-electron chi connectivity index (χ2n) is 7.56. The van der Waals surface area contributed by atoms with E-state index in [1.807, 2.05) is 18.2 Å². The molecule has 0 aliphatic carbocycles. The van der Waals surface area contributed by atoms with E-state index >= 15 is 0 Å². The molecule has 1 aliphatic rings. The number of carbonyl (C=O) groups is 1. The number of amides is 1. The SMILES string of the molecule is COc1cc(CCC(=O)NCc2ccccc2CN2CCCC2)cc(OC)c1OC. The molecule has 6 nitrogen and oxygen atoms in total. The Kier molecular flexibility index (Phi) is 7.97. The van der Waals surface area contributed by atoms with Crippen molar-refractivity contribution in [1.82, 2.24) is 10.2 Å². The Bertz CT molecular complexity index is 822. The maximum absolute atomic E-state index is 12.5. The van der Waals surface area contributed by atoms with Crippen LogP contribution < -0.4 is 19.5 Å². The third kappa shape index (κ3) is 5.66. The molecular weight excluding hydrogens is 380 g/mol. The molecule has 1 fully saturated rings. The van der Waals surface area contributed by atoms with E-state index < -0.39 is 0 Å². The number of methoxy groups -OCH3 is 3. The minimum Gasteiger partial charge on any atom is -0.493 e. The molecule has 0 spiro atoms. The Labute approximate surface area is 179 Å². The van der Waals surface area contributed by atoms with E-state index in [2.05, 4.69) is 28.4 Å². The Morgan fingerprint density at radius 3 is 2.20 bits per heavy atom. The van der Waals surface area contributed by atoms with E-state index in [1.54, 1.807) is 21.3 Å². The lowest BCUT2D eigenvalue weighted by molar-refractivity contribution is -0.121. The molecule has 0 aromatic heterocycles. The van der Waals surface area contributed by atoms with Crippen molar-refractivity contribution in [2.45, 2.75) is 38.8 Å². The predicted octanol–water partition coefficient (Wildman–Crippen LogP) is 3.56. The summed E-state index contributed by atoms with van der Waals surface area (Å²) in [6.45, 7) is 3.83. The van der Waals surface area contributed by atoms with Crippen molar-refractivity contribution in [2.75, 3.05) is 34.4 Å². The fraction of sp³-hybridized carbons (Fsp3) is 0.458. The second kappa shape index (κ2) is 10.9. The quantitative estimate of drug-likeness (QED) is 0.647. The van der Waals surface area contributed by atoms with Gasteiger partial charge in [0.2, 0.25) is 11.7 Å². The number of likely N-dealkylation sites (tertiary alicyclic amines) is 1. The number of nitrogens with zero attached hydrogens (tertiary/aromatic N) is 1. The van der Waals surface area contributed by atoms with Gasteiger partial charge < -0.3 is 19.5 Å². The Balaban J connectivity index is 1.56. The lowest BCUT2D eigenvalue weighted by Crippen LogP contribution is -2.25. The van der Waals surface area contributed by atoms with Crippen LogP contribution in [0.3, 0.4) is 0 Å². The Hall–Kier alpha value is -2.73. The van der Waals surface area contributed by atoms with Gasteiger partial charge in [0.1, 0.15) is 0 Å².